The molecule has 0 unspecified atom stereocenters. The smallest absolute Gasteiger partial charge is 0.234 e. The molecule has 0 saturated carbocycles. The Bertz CT molecular complexity index is 388. The first-order valence-electron chi connectivity index (χ1n) is 5.17. The van der Waals surface area contributed by atoms with Crippen molar-refractivity contribution in [2.24, 2.45) is 0 Å². The molecule has 94 valence electrons. The van der Waals surface area contributed by atoms with E-state index >= 15 is 0 Å². The van der Waals surface area contributed by atoms with E-state index in [1.807, 2.05) is 0 Å². The second-order valence-corrected chi connectivity index (χ2v) is 4.95. The van der Waals surface area contributed by atoms with Crippen LogP contribution in [0, 0.1) is 0 Å². The maximum absolute atomic E-state index is 11.5. The minimum absolute atomic E-state index is 0.109. The molecule has 0 aliphatic heterocycles. The molecular formula is C11H15ClN2O2S. The zero-order valence-corrected chi connectivity index (χ0v) is 10.9. The molecule has 0 heterocycles. The number of aliphatic hydroxyl groups excluding tert-OH is 1. The van der Waals surface area contributed by atoms with Crippen molar-refractivity contribution in [1.29, 1.82) is 0 Å². The van der Waals surface area contributed by atoms with E-state index in [0.717, 1.165) is 5.75 Å². The molecule has 0 spiro atoms. The first-order chi connectivity index (χ1) is 8.13. The predicted octanol–water partition coefficient (Wildman–Crippen LogP) is 1.98. The van der Waals surface area contributed by atoms with Crippen LogP contribution >= 0.6 is 23.4 Å². The van der Waals surface area contributed by atoms with Gasteiger partial charge in [0.2, 0.25) is 5.91 Å². The molecule has 0 aliphatic rings. The zero-order chi connectivity index (χ0) is 12.7. The van der Waals surface area contributed by atoms with Crippen LogP contribution in [0.5, 0.6) is 0 Å². The molecule has 4 N–H and O–H groups in total. The van der Waals surface area contributed by atoms with E-state index in [1.54, 1.807) is 18.2 Å². The van der Waals surface area contributed by atoms with Crippen molar-refractivity contribution in [3.63, 3.8) is 0 Å². The summed E-state index contributed by atoms with van der Waals surface area (Å²) in [6.07, 6.45) is 0.695. The van der Waals surface area contributed by atoms with Gasteiger partial charge in [-0.3, -0.25) is 4.79 Å². The van der Waals surface area contributed by atoms with Crippen LogP contribution in [-0.4, -0.2) is 29.1 Å². The molecular weight excluding hydrogens is 260 g/mol. The molecule has 0 saturated heterocycles. The molecule has 0 aliphatic carbocycles. The van der Waals surface area contributed by atoms with Crippen LogP contribution < -0.4 is 11.1 Å². The summed E-state index contributed by atoms with van der Waals surface area (Å²) in [6, 6.07) is 4.94. The molecule has 1 aromatic rings. The number of hydrogen-bond acceptors (Lipinski definition) is 4. The standard InChI is InChI=1S/C11H15ClN2O2S/c12-8-2-3-10(9(13)6-8)14-11(16)7-17-5-1-4-15/h2-3,6,15H,1,4-5,7,13H2,(H,14,16). The largest absolute Gasteiger partial charge is 0.397 e. The number of benzene rings is 1. The molecule has 1 aromatic carbocycles. The molecule has 0 radical (unpaired) electrons. The number of thioether (sulfide) groups is 1. The molecule has 0 aromatic heterocycles. The summed E-state index contributed by atoms with van der Waals surface area (Å²) in [6.45, 7) is 0.152. The van der Waals surface area contributed by atoms with Gasteiger partial charge in [-0.2, -0.15) is 11.8 Å². The summed E-state index contributed by atoms with van der Waals surface area (Å²) >= 11 is 7.23. The van der Waals surface area contributed by atoms with Crippen molar-refractivity contribution < 1.29 is 9.90 Å². The lowest BCUT2D eigenvalue weighted by molar-refractivity contribution is -0.113. The number of nitrogens with one attached hydrogen (secondary N) is 1. The minimum atomic E-state index is -0.109. The summed E-state index contributed by atoms with van der Waals surface area (Å²) in [7, 11) is 0. The lowest BCUT2D eigenvalue weighted by Gasteiger charge is -2.08. The number of halogens is 1. The van der Waals surface area contributed by atoms with Gasteiger partial charge >= 0.3 is 0 Å². The number of carbonyl (C=O) groups excluding carboxylic acids is 1. The van der Waals surface area contributed by atoms with Crippen molar-refractivity contribution in [2.45, 2.75) is 6.42 Å². The third-order valence-corrected chi connectivity index (χ3v) is 3.25. The number of aliphatic hydroxyl groups is 1. The van der Waals surface area contributed by atoms with Crippen LogP contribution in [0.15, 0.2) is 18.2 Å². The van der Waals surface area contributed by atoms with Gasteiger partial charge in [0.25, 0.3) is 0 Å². The van der Waals surface area contributed by atoms with E-state index in [-0.39, 0.29) is 12.5 Å². The second kappa shape index (κ2) is 7.42. The monoisotopic (exact) mass is 274 g/mol. The SMILES string of the molecule is Nc1cc(Cl)ccc1NC(=O)CSCCCO. The average Bonchev–Trinajstić information content (AvgIpc) is 2.28. The van der Waals surface area contributed by atoms with E-state index in [4.69, 9.17) is 22.4 Å². The quantitative estimate of drug-likeness (QED) is 0.548. The van der Waals surface area contributed by atoms with Gasteiger partial charge in [0.05, 0.1) is 17.1 Å². The number of nitrogen functional groups attached to an aromatic ring is 1. The molecule has 0 atom stereocenters. The van der Waals surface area contributed by atoms with Crippen molar-refractivity contribution >= 4 is 40.6 Å². The zero-order valence-electron chi connectivity index (χ0n) is 9.28. The Hall–Kier alpha value is -0.910. The average molecular weight is 275 g/mol. The normalized spacial score (nSPS) is 10.2. The fraction of sp³-hybridized carbons (Fsp3) is 0.364. The summed E-state index contributed by atoms with van der Waals surface area (Å²) < 4.78 is 0. The number of hydrogen-bond donors (Lipinski definition) is 3. The van der Waals surface area contributed by atoms with E-state index in [1.165, 1.54) is 11.8 Å². The van der Waals surface area contributed by atoms with E-state index in [2.05, 4.69) is 5.32 Å². The lowest BCUT2D eigenvalue weighted by atomic mass is 10.2. The van der Waals surface area contributed by atoms with Gasteiger partial charge in [-0.05, 0) is 30.4 Å². The van der Waals surface area contributed by atoms with Crippen molar-refractivity contribution in [2.75, 3.05) is 29.2 Å². The molecule has 0 bridgehead atoms. The fourth-order valence-corrected chi connectivity index (χ4v) is 2.08. The number of rotatable bonds is 6. The maximum Gasteiger partial charge on any atom is 0.234 e. The highest BCUT2D eigenvalue weighted by atomic mass is 35.5. The molecule has 0 fully saturated rings. The Kier molecular flexibility index (Phi) is 6.18. The molecule has 1 amide bonds. The van der Waals surface area contributed by atoms with Gasteiger partial charge in [-0.1, -0.05) is 11.6 Å². The summed E-state index contributed by atoms with van der Waals surface area (Å²) in [4.78, 5) is 11.5. The Labute approximate surface area is 110 Å². The van der Waals surface area contributed by atoms with Crippen LogP contribution in [0.4, 0.5) is 11.4 Å². The third-order valence-electron chi connectivity index (χ3n) is 1.97. The molecule has 4 nitrogen and oxygen atoms in total. The topological polar surface area (TPSA) is 75.3 Å². The van der Waals surface area contributed by atoms with Crippen molar-refractivity contribution in [3.05, 3.63) is 23.2 Å². The van der Waals surface area contributed by atoms with Gasteiger partial charge in [-0.25, -0.2) is 0 Å². The van der Waals surface area contributed by atoms with E-state index < -0.39 is 0 Å². The summed E-state index contributed by atoms with van der Waals surface area (Å²) in [5.41, 5.74) is 6.73. The van der Waals surface area contributed by atoms with Crippen molar-refractivity contribution in [3.8, 4) is 0 Å². The van der Waals surface area contributed by atoms with Crippen LogP contribution in [0.1, 0.15) is 6.42 Å². The summed E-state index contributed by atoms with van der Waals surface area (Å²) in [5.74, 6) is 1.00. The minimum Gasteiger partial charge on any atom is -0.397 e. The Morgan fingerprint density at radius 2 is 2.29 bits per heavy atom. The number of carbonyl (C=O) groups is 1. The first kappa shape index (κ1) is 14.2. The van der Waals surface area contributed by atoms with Crippen LogP contribution in [0.2, 0.25) is 5.02 Å². The van der Waals surface area contributed by atoms with Crippen LogP contribution in [-0.2, 0) is 4.79 Å². The van der Waals surface area contributed by atoms with Gasteiger partial charge in [0, 0.05) is 11.6 Å². The molecule has 17 heavy (non-hydrogen) atoms. The maximum atomic E-state index is 11.5. The molecule has 6 heteroatoms. The predicted molar refractivity (Wildman–Crippen MR) is 73.5 cm³/mol. The fourth-order valence-electron chi connectivity index (χ4n) is 1.17. The van der Waals surface area contributed by atoms with E-state index in [0.29, 0.717) is 28.6 Å². The highest BCUT2D eigenvalue weighted by Gasteiger charge is 2.05. The third kappa shape index (κ3) is 5.30. The van der Waals surface area contributed by atoms with Crippen molar-refractivity contribution in [1.82, 2.24) is 0 Å². The lowest BCUT2D eigenvalue weighted by Crippen LogP contribution is -2.15. The second-order valence-electron chi connectivity index (χ2n) is 3.41. The van der Waals surface area contributed by atoms with Gasteiger partial charge < -0.3 is 16.2 Å². The van der Waals surface area contributed by atoms with Crippen LogP contribution in [0.3, 0.4) is 0 Å². The van der Waals surface area contributed by atoms with E-state index in [9.17, 15) is 4.79 Å². The number of nitrogens with two attached hydrogens (primary N) is 1. The highest BCUT2D eigenvalue weighted by molar-refractivity contribution is 7.99. The summed E-state index contributed by atoms with van der Waals surface area (Å²) in [5, 5.41) is 11.8. The Morgan fingerprint density at radius 3 is 2.94 bits per heavy atom. The van der Waals surface area contributed by atoms with Gasteiger partial charge in [0.1, 0.15) is 0 Å². The van der Waals surface area contributed by atoms with Gasteiger partial charge in [-0.15, -0.1) is 0 Å². The number of anilines is 2. The highest BCUT2D eigenvalue weighted by Crippen LogP contribution is 2.22. The Morgan fingerprint density at radius 1 is 1.53 bits per heavy atom. The van der Waals surface area contributed by atoms with Gasteiger partial charge in [0.15, 0.2) is 0 Å². The molecule has 1 rings (SSSR count). The number of amides is 1. The van der Waals surface area contributed by atoms with Crippen LogP contribution in [0.25, 0.3) is 0 Å². The Balaban J connectivity index is 2.40. The first-order valence-corrected chi connectivity index (χ1v) is 6.70.